The SMILES string of the molecule is COc1cc2oc(=O)ccc2c(OC)c1C[C@H](O)C(C)(C)O. The van der Waals surface area contributed by atoms with Gasteiger partial charge in [0.1, 0.15) is 17.1 Å². The van der Waals surface area contributed by atoms with E-state index in [0.717, 1.165) is 0 Å². The van der Waals surface area contributed by atoms with Crippen molar-refractivity contribution in [2.24, 2.45) is 0 Å². The first-order chi connectivity index (χ1) is 10.3. The monoisotopic (exact) mass is 308 g/mol. The Morgan fingerprint density at radius 3 is 2.50 bits per heavy atom. The predicted molar refractivity (Wildman–Crippen MR) is 81.6 cm³/mol. The lowest BCUT2D eigenvalue weighted by atomic mass is 9.93. The molecular formula is C16H20O6. The van der Waals surface area contributed by atoms with E-state index in [-0.39, 0.29) is 6.42 Å². The number of fused-ring (bicyclic) bond motifs is 1. The molecule has 0 saturated carbocycles. The first-order valence-corrected chi connectivity index (χ1v) is 6.86. The normalized spacial score (nSPS) is 13.2. The Hall–Kier alpha value is -2.05. The summed E-state index contributed by atoms with van der Waals surface area (Å²) < 4.78 is 15.9. The van der Waals surface area contributed by atoms with Crippen LogP contribution in [-0.4, -0.2) is 36.1 Å². The topological polar surface area (TPSA) is 89.1 Å². The molecule has 0 bridgehead atoms. The standard InChI is InChI=1S/C16H20O6/c1-16(2,19)13(17)7-10-11(20-3)8-12-9(15(10)21-4)5-6-14(18)22-12/h5-6,8,13,17,19H,7H2,1-4H3/t13-/m0/s1. The third kappa shape index (κ3) is 3.08. The van der Waals surface area contributed by atoms with Crippen LogP contribution >= 0.6 is 0 Å². The first-order valence-electron chi connectivity index (χ1n) is 6.86. The van der Waals surface area contributed by atoms with E-state index in [1.54, 1.807) is 12.1 Å². The van der Waals surface area contributed by atoms with Crippen molar-refractivity contribution in [2.45, 2.75) is 32.0 Å². The minimum Gasteiger partial charge on any atom is -0.496 e. The van der Waals surface area contributed by atoms with Crippen molar-refractivity contribution in [1.82, 2.24) is 0 Å². The maximum atomic E-state index is 11.4. The number of ether oxygens (including phenoxy) is 2. The minimum absolute atomic E-state index is 0.130. The minimum atomic E-state index is -1.27. The summed E-state index contributed by atoms with van der Waals surface area (Å²) >= 11 is 0. The Balaban J connectivity index is 2.66. The Morgan fingerprint density at radius 1 is 1.27 bits per heavy atom. The average molecular weight is 308 g/mol. The highest BCUT2D eigenvalue weighted by Gasteiger charge is 2.28. The molecule has 6 heteroatoms. The molecule has 0 amide bonds. The summed E-state index contributed by atoms with van der Waals surface area (Å²) in [7, 11) is 2.96. The van der Waals surface area contributed by atoms with Gasteiger partial charge < -0.3 is 24.1 Å². The second-order valence-corrected chi connectivity index (χ2v) is 5.63. The van der Waals surface area contributed by atoms with Crippen LogP contribution in [0.2, 0.25) is 0 Å². The summed E-state index contributed by atoms with van der Waals surface area (Å²) in [6, 6.07) is 4.47. The van der Waals surface area contributed by atoms with Gasteiger partial charge in [-0.2, -0.15) is 0 Å². The lowest BCUT2D eigenvalue weighted by molar-refractivity contribution is -0.0472. The third-order valence-electron chi connectivity index (χ3n) is 3.58. The van der Waals surface area contributed by atoms with Gasteiger partial charge in [-0.15, -0.1) is 0 Å². The van der Waals surface area contributed by atoms with Gasteiger partial charge in [0.15, 0.2) is 0 Å². The van der Waals surface area contributed by atoms with Gasteiger partial charge in [-0.25, -0.2) is 4.79 Å². The van der Waals surface area contributed by atoms with Crippen LogP contribution in [0.1, 0.15) is 19.4 Å². The molecule has 0 aliphatic carbocycles. The molecule has 0 radical (unpaired) electrons. The van der Waals surface area contributed by atoms with Gasteiger partial charge in [0.2, 0.25) is 0 Å². The fourth-order valence-electron chi connectivity index (χ4n) is 2.26. The molecule has 2 rings (SSSR count). The van der Waals surface area contributed by atoms with Crippen LogP contribution in [-0.2, 0) is 6.42 Å². The van der Waals surface area contributed by atoms with Crippen molar-refractivity contribution < 1.29 is 24.1 Å². The maximum absolute atomic E-state index is 11.4. The van der Waals surface area contributed by atoms with Gasteiger partial charge in [-0.1, -0.05) is 0 Å². The number of benzene rings is 1. The fraction of sp³-hybridized carbons (Fsp3) is 0.438. The van der Waals surface area contributed by atoms with Crippen LogP contribution in [0.15, 0.2) is 27.4 Å². The molecule has 0 aliphatic rings. The number of rotatable bonds is 5. The Bertz CT molecular complexity index is 726. The number of aliphatic hydroxyl groups is 2. The van der Waals surface area contributed by atoms with Crippen molar-refractivity contribution in [3.05, 3.63) is 34.2 Å². The van der Waals surface area contributed by atoms with Gasteiger partial charge in [0.05, 0.1) is 31.3 Å². The number of methoxy groups -OCH3 is 2. The van der Waals surface area contributed by atoms with E-state index in [1.165, 1.54) is 34.1 Å². The van der Waals surface area contributed by atoms with Crippen molar-refractivity contribution >= 4 is 11.0 Å². The molecule has 0 fully saturated rings. The average Bonchev–Trinajstić information content (AvgIpc) is 2.45. The van der Waals surface area contributed by atoms with Gasteiger partial charge in [0, 0.05) is 24.1 Å². The van der Waals surface area contributed by atoms with Gasteiger partial charge in [-0.3, -0.25) is 0 Å². The third-order valence-corrected chi connectivity index (χ3v) is 3.58. The molecular weight excluding hydrogens is 288 g/mol. The number of hydrogen-bond acceptors (Lipinski definition) is 6. The molecule has 1 aromatic carbocycles. The highest BCUT2D eigenvalue weighted by molar-refractivity contribution is 5.87. The number of hydrogen-bond donors (Lipinski definition) is 2. The smallest absolute Gasteiger partial charge is 0.336 e. The van der Waals surface area contributed by atoms with Crippen molar-refractivity contribution in [2.75, 3.05) is 14.2 Å². The van der Waals surface area contributed by atoms with Crippen molar-refractivity contribution in [1.29, 1.82) is 0 Å². The van der Waals surface area contributed by atoms with Gasteiger partial charge in [-0.05, 0) is 19.9 Å². The zero-order valence-corrected chi connectivity index (χ0v) is 13.0. The molecule has 2 aromatic rings. The molecule has 2 N–H and O–H groups in total. The molecule has 6 nitrogen and oxygen atoms in total. The maximum Gasteiger partial charge on any atom is 0.336 e. The Morgan fingerprint density at radius 2 is 1.95 bits per heavy atom. The molecule has 0 unspecified atom stereocenters. The highest BCUT2D eigenvalue weighted by Crippen LogP contribution is 2.38. The van der Waals surface area contributed by atoms with Crippen molar-refractivity contribution in [3.63, 3.8) is 0 Å². The first kappa shape index (κ1) is 16.3. The van der Waals surface area contributed by atoms with Gasteiger partial charge in [0.25, 0.3) is 0 Å². The second kappa shape index (κ2) is 5.98. The summed E-state index contributed by atoms with van der Waals surface area (Å²) in [5.41, 5.74) is -0.807. The van der Waals surface area contributed by atoms with E-state index in [4.69, 9.17) is 13.9 Å². The number of aliphatic hydroxyl groups excluding tert-OH is 1. The summed E-state index contributed by atoms with van der Waals surface area (Å²) in [5, 5.41) is 20.7. The Kier molecular flexibility index (Phi) is 4.44. The molecule has 0 aliphatic heterocycles. The van der Waals surface area contributed by atoms with E-state index < -0.39 is 17.3 Å². The van der Waals surface area contributed by atoms with Crippen LogP contribution in [0.5, 0.6) is 11.5 Å². The molecule has 0 saturated heterocycles. The molecule has 1 atom stereocenters. The van der Waals surface area contributed by atoms with E-state index >= 15 is 0 Å². The summed E-state index contributed by atoms with van der Waals surface area (Å²) in [6.45, 7) is 3.05. The van der Waals surface area contributed by atoms with E-state index in [0.29, 0.717) is 28.0 Å². The van der Waals surface area contributed by atoms with E-state index in [1.807, 2.05) is 0 Å². The zero-order chi connectivity index (χ0) is 16.5. The lowest BCUT2D eigenvalue weighted by Gasteiger charge is -2.26. The van der Waals surface area contributed by atoms with Crippen LogP contribution < -0.4 is 15.1 Å². The summed E-state index contributed by atoms with van der Waals surface area (Å²) in [5.74, 6) is 0.864. The Labute approximate surface area is 127 Å². The second-order valence-electron chi connectivity index (χ2n) is 5.63. The molecule has 0 spiro atoms. The quantitative estimate of drug-likeness (QED) is 0.813. The highest BCUT2D eigenvalue weighted by atomic mass is 16.5. The fourth-order valence-corrected chi connectivity index (χ4v) is 2.26. The molecule has 1 heterocycles. The van der Waals surface area contributed by atoms with Crippen LogP contribution in [0.3, 0.4) is 0 Å². The zero-order valence-electron chi connectivity index (χ0n) is 13.0. The summed E-state index contributed by atoms with van der Waals surface area (Å²) in [6.07, 6.45) is -0.881. The molecule has 22 heavy (non-hydrogen) atoms. The van der Waals surface area contributed by atoms with E-state index in [2.05, 4.69) is 0 Å². The van der Waals surface area contributed by atoms with Crippen LogP contribution in [0.4, 0.5) is 0 Å². The van der Waals surface area contributed by atoms with E-state index in [9.17, 15) is 15.0 Å². The predicted octanol–water partition coefficient (Wildman–Crippen LogP) is 1.48. The van der Waals surface area contributed by atoms with Crippen LogP contribution in [0, 0.1) is 0 Å². The largest absolute Gasteiger partial charge is 0.496 e. The summed E-state index contributed by atoms with van der Waals surface area (Å²) in [4.78, 5) is 11.4. The van der Waals surface area contributed by atoms with Crippen LogP contribution in [0.25, 0.3) is 11.0 Å². The molecule has 1 aromatic heterocycles. The van der Waals surface area contributed by atoms with Crippen molar-refractivity contribution in [3.8, 4) is 11.5 Å². The van der Waals surface area contributed by atoms with Gasteiger partial charge >= 0.3 is 5.63 Å². The molecule has 120 valence electrons. The lowest BCUT2D eigenvalue weighted by Crippen LogP contribution is -2.37.